The third kappa shape index (κ3) is 7.12. The lowest BCUT2D eigenvalue weighted by atomic mass is 9.87. The fourth-order valence-corrected chi connectivity index (χ4v) is 4.40. The molecule has 7 heteroatoms. The number of anilines is 3. The van der Waals surface area contributed by atoms with Crippen LogP contribution in [0.3, 0.4) is 0 Å². The van der Waals surface area contributed by atoms with Crippen molar-refractivity contribution < 1.29 is 19.0 Å². The summed E-state index contributed by atoms with van der Waals surface area (Å²) in [6.45, 7) is 13.4. The standard InChI is InChI=1S/C28H39N3O4/c1-28(2,3)22-6-9-24(10-7-22)35-16-4-5-27(32)29-25-11-8-23(30-12-17-33-18-13-30)21-26(25)31-14-19-34-20-15-31/h6-11,21H,4-5,12-20H2,1-3H3,(H,29,32). The molecule has 0 radical (unpaired) electrons. The molecule has 0 bridgehead atoms. The number of carbonyl (C=O) groups is 1. The predicted molar refractivity (Wildman–Crippen MR) is 141 cm³/mol. The Morgan fingerprint density at radius 3 is 2.17 bits per heavy atom. The van der Waals surface area contributed by atoms with E-state index in [1.54, 1.807) is 0 Å². The van der Waals surface area contributed by atoms with E-state index in [-0.39, 0.29) is 11.3 Å². The van der Waals surface area contributed by atoms with Crippen molar-refractivity contribution >= 4 is 23.0 Å². The second kappa shape index (κ2) is 11.8. The highest BCUT2D eigenvalue weighted by atomic mass is 16.5. The summed E-state index contributed by atoms with van der Waals surface area (Å²) < 4.78 is 16.9. The molecular formula is C28H39N3O4. The van der Waals surface area contributed by atoms with Crippen molar-refractivity contribution in [1.82, 2.24) is 0 Å². The van der Waals surface area contributed by atoms with Crippen molar-refractivity contribution in [3.05, 3.63) is 48.0 Å². The highest BCUT2D eigenvalue weighted by Gasteiger charge is 2.19. The molecule has 2 heterocycles. The average molecular weight is 482 g/mol. The van der Waals surface area contributed by atoms with Crippen LogP contribution in [0.2, 0.25) is 0 Å². The molecule has 1 amide bonds. The van der Waals surface area contributed by atoms with Crippen molar-refractivity contribution in [1.29, 1.82) is 0 Å². The number of carbonyl (C=O) groups excluding carboxylic acids is 1. The van der Waals surface area contributed by atoms with Crippen LogP contribution in [-0.4, -0.2) is 65.1 Å². The summed E-state index contributed by atoms with van der Waals surface area (Å²) >= 11 is 0. The van der Waals surface area contributed by atoms with E-state index in [1.165, 1.54) is 11.3 Å². The largest absolute Gasteiger partial charge is 0.494 e. The highest BCUT2D eigenvalue weighted by molar-refractivity contribution is 5.95. The van der Waals surface area contributed by atoms with Gasteiger partial charge in [0, 0.05) is 38.3 Å². The Morgan fingerprint density at radius 2 is 1.54 bits per heavy atom. The molecule has 0 aliphatic carbocycles. The van der Waals surface area contributed by atoms with Gasteiger partial charge in [-0.1, -0.05) is 32.9 Å². The number of nitrogens with one attached hydrogen (secondary N) is 1. The molecule has 2 aliphatic heterocycles. The summed E-state index contributed by atoms with van der Waals surface area (Å²) in [5.74, 6) is 0.844. The van der Waals surface area contributed by atoms with E-state index in [0.717, 1.165) is 56.5 Å². The van der Waals surface area contributed by atoms with Gasteiger partial charge in [-0.3, -0.25) is 4.79 Å². The van der Waals surface area contributed by atoms with Crippen molar-refractivity contribution in [2.45, 2.75) is 39.0 Å². The fourth-order valence-electron chi connectivity index (χ4n) is 4.40. The van der Waals surface area contributed by atoms with Crippen LogP contribution in [0.1, 0.15) is 39.2 Å². The third-order valence-corrected chi connectivity index (χ3v) is 6.52. The Balaban J connectivity index is 1.32. The van der Waals surface area contributed by atoms with Gasteiger partial charge in [0.1, 0.15) is 5.75 Å². The van der Waals surface area contributed by atoms with E-state index >= 15 is 0 Å². The number of benzene rings is 2. The molecule has 2 aromatic carbocycles. The van der Waals surface area contributed by atoms with Gasteiger partial charge in [0.25, 0.3) is 0 Å². The lowest BCUT2D eigenvalue weighted by Crippen LogP contribution is -2.38. The van der Waals surface area contributed by atoms with Gasteiger partial charge in [-0.05, 0) is 47.7 Å². The molecule has 190 valence electrons. The summed E-state index contributed by atoms with van der Waals surface area (Å²) in [4.78, 5) is 17.4. The summed E-state index contributed by atoms with van der Waals surface area (Å²) in [5, 5.41) is 3.14. The molecule has 0 atom stereocenters. The normalized spacial score (nSPS) is 16.8. The number of hydrogen-bond donors (Lipinski definition) is 1. The first kappa shape index (κ1) is 25.3. The minimum Gasteiger partial charge on any atom is -0.494 e. The first-order valence-corrected chi connectivity index (χ1v) is 12.7. The van der Waals surface area contributed by atoms with Crippen molar-refractivity contribution in [3.63, 3.8) is 0 Å². The van der Waals surface area contributed by atoms with Crippen molar-refractivity contribution in [2.75, 3.05) is 74.3 Å². The zero-order valence-corrected chi connectivity index (χ0v) is 21.3. The molecule has 2 aliphatic rings. The molecule has 4 rings (SSSR count). The first-order chi connectivity index (χ1) is 16.9. The van der Waals surface area contributed by atoms with Gasteiger partial charge >= 0.3 is 0 Å². The van der Waals surface area contributed by atoms with Crippen LogP contribution in [0.4, 0.5) is 17.1 Å². The monoisotopic (exact) mass is 481 g/mol. The third-order valence-electron chi connectivity index (χ3n) is 6.52. The minimum atomic E-state index is 0.00492. The fraction of sp³-hybridized carbons (Fsp3) is 0.536. The second-order valence-electron chi connectivity index (χ2n) is 10.2. The van der Waals surface area contributed by atoms with Crippen LogP contribution in [0, 0.1) is 0 Å². The molecule has 1 N–H and O–H groups in total. The summed E-state index contributed by atoms with van der Waals surface area (Å²) in [5.41, 5.74) is 4.48. The zero-order chi connectivity index (χ0) is 24.7. The Labute approximate surface area is 209 Å². The minimum absolute atomic E-state index is 0.00492. The van der Waals surface area contributed by atoms with E-state index in [2.05, 4.69) is 60.2 Å². The number of hydrogen-bond acceptors (Lipinski definition) is 6. The number of rotatable bonds is 8. The van der Waals surface area contributed by atoms with Crippen LogP contribution in [0.25, 0.3) is 0 Å². The smallest absolute Gasteiger partial charge is 0.224 e. The highest BCUT2D eigenvalue weighted by Crippen LogP contribution is 2.32. The van der Waals surface area contributed by atoms with Crippen LogP contribution >= 0.6 is 0 Å². The molecule has 0 unspecified atom stereocenters. The van der Waals surface area contributed by atoms with Gasteiger partial charge in [0.15, 0.2) is 0 Å². The van der Waals surface area contributed by atoms with Gasteiger partial charge in [0.2, 0.25) is 5.91 Å². The first-order valence-electron chi connectivity index (χ1n) is 12.7. The van der Waals surface area contributed by atoms with Crippen LogP contribution < -0.4 is 19.9 Å². The second-order valence-corrected chi connectivity index (χ2v) is 10.2. The Kier molecular flexibility index (Phi) is 8.52. The zero-order valence-electron chi connectivity index (χ0n) is 21.3. The number of ether oxygens (including phenoxy) is 3. The average Bonchev–Trinajstić information content (AvgIpc) is 2.88. The van der Waals surface area contributed by atoms with Crippen LogP contribution in [-0.2, 0) is 19.7 Å². The molecular weight excluding hydrogens is 442 g/mol. The quantitative estimate of drug-likeness (QED) is 0.562. The Bertz CT molecular complexity index is 959. The van der Waals surface area contributed by atoms with Gasteiger partial charge in [-0.25, -0.2) is 0 Å². The van der Waals surface area contributed by atoms with Crippen LogP contribution in [0.5, 0.6) is 5.75 Å². The van der Waals surface area contributed by atoms with Gasteiger partial charge in [0.05, 0.1) is 44.4 Å². The van der Waals surface area contributed by atoms with E-state index in [0.29, 0.717) is 32.7 Å². The summed E-state index contributed by atoms with van der Waals surface area (Å²) in [7, 11) is 0. The summed E-state index contributed by atoms with van der Waals surface area (Å²) in [6, 6.07) is 14.5. The maximum atomic E-state index is 12.8. The SMILES string of the molecule is CC(C)(C)c1ccc(OCCCC(=O)Nc2ccc(N3CCOCC3)cc2N2CCOCC2)cc1. The summed E-state index contributed by atoms with van der Waals surface area (Å²) in [6.07, 6.45) is 1.07. The maximum Gasteiger partial charge on any atom is 0.224 e. The van der Waals surface area contributed by atoms with Gasteiger partial charge in [-0.2, -0.15) is 0 Å². The maximum absolute atomic E-state index is 12.8. The molecule has 2 fully saturated rings. The number of amides is 1. The van der Waals surface area contributed by atoms with Gasteiger partial charge < -0.3 is 29.3 Å². The van der Waals surface area contributed by atoms with Crippen LogP contribution in [0.15, 0.2) is 42.5 Å². The lowest BCUT2D eigenvalue weighted by molar-refractivity contribution is -0.116. The Morgan fingerprint density at radius 1 is 0.914 bits per heavy atom. The van der Waals surface area contributed by atoms with E-state index in [1.807, 2.05) is 18.2 Å². The number of morpholine rings is 2. The molecule has 7 nitrogen and oxygen atoms in total. The van der Waals surface area contributed by atoms with Crippen molar-refractivity contribution in [2.24, 2.45) is 0 Å². The van der Waals surface area contributed by atoms with E-state index < -0.39 is 0 Å². The van der Waals surface area contributed by atoms with Crippen molar-refractivity contribution in [3.8, 4) is 5.75 Å². The Hall–Kier alpha value is -2.77. The lowest BCUT2D eigenvalue weighted by Gasteiger charge is -2.33. The predicted octanol–water partition coefficient (Wildman–Crippen LogP) is 4.46. The molecule has 2 saturated heterocycles. The molecule has 0 spiro atoms. The number of nitrogens with zero attached hydrogens (tertiary/aromatic N) is 2. The molecule has 0 aromatic heterocycles. The van der Waals surface area contributed by atoms with E-state index in [9.17, 15) is 4.79 Å². The van der Waals surface area contributed by atoms with Gasteiger partial charge in [-0.15, -0.1) is 0 Å². The van der Waals surface area contributed by atoms with E-state index in [4.69, 9.17) is 14.2 Å². The topological polar surface area (TPSA) is 63.3 Å². The molecule has 35 heavy (non-hydrogen) atoms. The molecule has 2 aromatic rings. The molecule has 0 saturated carbocycles.